The molecule has 3 rings (SSSR count). The van der Waals surface area contributed by atoms with E-state index in [9.17, 15) is 19.6 Å². The van der Waals surface area contributed by atoms with E-state index in [0.717, 1.165) is 10.5 Å². The van der Waals surface area contributed by atoms with Crippen molar-refractivity contribution in [1.82, 2.24) is 4.90 Å². The van der Waals surface area contributed by atoms with Gasteiger partial charge in [0, 0.05) is 29.9 Å². The molecule has 152 valence electrons. The number of imide groups is 1. The highest BCUT2D eigenvalue weighted by molar-refractivity contribution is 6.19. The second-order valence-corrected chi connectivity index (χ2v) is 6.84. The lowest BCUT2D eigenvalue weighted by Crippen LogP contribution is -2.43. The number of hydrogen-bond donors (Lipinski definition) is 1. The minimum Gasteiger partial charge on any atom is -0.457 e. The van der Waals surface area contributed by atoms with Crippen molar-refractivity contribution in [3.63, 3.8) is 0 Å². The number of rotatable bonds is 6. The summed E-state index contributed by atoms with van der Waals surface area (Å²) in [6.45, 7) is 2.89. The first-order valence-corrected chi connectivity index (χ1v) is 9.38. The first kappa shape index (κ1) is 21.0. The van der Waals surface area contributed by atoms with Crippen LogP contribution in [0.5, 0.6) is 0 Å². The van der Waals surface area contributed by atoms with Crippen molar-refractivity contribution < 1.29 is 23.9 Å². The van der Waals surface area contributed by atoms with Crippen molar-refractivity contribution >= 4 is 23.7 Å². The van der Waals surface area contributed by atoms with Crippen LogP contribution < -0.4 is 0 Å². The molecule has 0 aliphatic carbocycles. The molecule has 1 aromatic heterocycles. The number of benzene rings is 1. The van der Waals surface area contributed by atoms with E-state index >= 15 is 0 Å². The summed E-state index contributed by atoms with van der Waals surface area (Å²) < 4.78 is 5.82. The van der Waals surface area contributed by atoms with Gasteiger partial charge >= 0.3 is 0 Å². The highest BCUT2D eigenvalue weighted by Crippen LogP contribution is 2.29. The minimum absolute atomic E-state index is 0.0237. The summed E-state index contributed by atoms with van der Waals surface area (Å²) in [5.41, 5.74) is 1.74. The molecule has 0 fully saturated rings. The molecule has 1 aliphatic heterocycles. The molecule has 0 atom stereocenters. The van der Waals surface area contributed by atoms with E-state index in [0.29, 0.717) is 17.1 Å². The summed E-state index contributed by atoms with van der Waals surface area (Å²) in [6, 6.07) is 12.2. The number of aliphatic hydroxyl groups excluding tert-OH is 1. The predicted molar refractivity (Wildman–Crippen MR) is 109 cm³/mol. The minimum atomic E-state index is -0.656. The van der Waals surface area contributed by atoms with E-state index in [1.807, 2.05) is 6.07 Å². The van der Waals surface area contributed by atoms with E-state index in [2.05, 4.69) is 0 Å². The number of furan rings is 1. The van der Waals surface area contributed by atoms with Gasteiger partial charge in [0.25, 0.3) is 11.8 Å². The fourth-order valence-electron chi connectivity index (χ4n) is 3.16. The van der Waals surface area contributed by atoms with Crippen molar-refractivity contribution in [2.24, 2.45) is 0 Å². The number of Topliss-reactive ketones (excluding diaryl/α,β-unsaturated/α-hetero) is 1. The predicted octanol–water partition coefficient (Wildman–Crippen LogP) is 3.12. The molecule has 30 heavy (non-hydrogen) atoms. The van der Waals surface area contributed by atoms with Gasteiger partial charge in [-0.3, -0.25) is 19.3 Å². The van der Waals surface area contributed by atoms with Gasteiger partial charge in [0.05, 0.1) is 0 Å². The van der Waals surface area contributed by atoms with Gasteiger partial charge in [0.15, 0.2) is 5.78 Å². The average Bonchev–Trinajstić information content (AvgIpc) is 3.20. The summed E-state index contributed by atoms with van der Waals surface area (Å²) in [6.07, 6.45) is 1.73. The Morgan fingerprint density at radius 2 is 1.87 bits per heavy atom. The SMILES string of the molecule is CC(=O)c1ccc(-c2ccc(C=C3C(=O)N(CCCO)C(=O)C(C#N)=C3C)o2)cc1. The Hall–Kier alpha value is -3.76. The first-order chi connectivity index (χ1) is 14.4. The molecule has 1 aromatic carbocycles. The number of aliphatic hydroxyl groups is 1. The molecule has 1 aliphatic rings. The second kappa shape index (κ2) is 8.72. The Bertz CT molecular complexity index is 1110. The van der Waals surface area contributed by atoms with Crippen molar-refractivity contribution in [2.75, 3.05) is 13.2 Å². The molecular weight excluding hydrogens is 384 g/mol. The normalized spacial score (nSPS) is 15.7. The summed E-state index contributed by atoms with van der Waals surface area (Å²) in [7, 11) is 0. The van der Waals surface area contributed by atoms with Crippen molar-refractivity contribution in [3.05, 3.63) is 64.4 Å². The molecule has 0 radical (unpaired) electrons. The van der Waals surface area contributed by atoms with Crippen LogP contribution in [-0.2, 0) is 9.59 Å². The van der Waals surface area contributed by atoms with Crippen LogP contribution in [0.3, 0.4) is 0 Å². The molecule has 0 unspecified atom stereocenters. The summed E-state index contributed by atoms with van der Waals surface area (Å²) in [4.78, 5) is 37.6. The molecule has 0 spiro atoms. The lowest BCUT2D eigenvalue weighted by Gasteiger charge is -2.27. The molecule has 2 amide bonds. The first-order valence-electron chi connectivity index (χ1n) is 9.38. The standard InChI is InChI=1S/C23H20N2O5/c1-14-19(22(28)25(10-3-11-26)23(29)20(14)13-24)12-18-8-9-21(30-18)17-6-4-16(5-7-17)15(2)27/h4-9,12,26H,3,10-11H2,1-2H3. The zero-order valence-electron chi connectivity index (χ0n) is 16.6. The van der Waals surface area contributed by atoms with Gasteiger partial charge in [-0.15, -0.1) is 0 Å². The number of nitrogens with zero attached hydrogens (tertiary/aromatic N) is 2. The van der Waals surface area contributed by atoms with Gasteiger partial charge in [-0.25, -0.2) is 0 Å². The Balaban J connectivity index is 1.96. The summed E-state index contributed by atoms with van der Waals surface area (Å²) in [5, 5.41) is 18.4. The maximum Gasteiger partial charge on any atom is 0.271 e. The number of nitriles is 1. The Labute approximate surface area is 173 Å². The number of hydrogen-bond acceptors (Lipinski definition) is 6. The van der Waals surface area contributed by atoms with Crippen LogP contribution in [0.25, 0.3) is 17.4 Å². The maximum absolute atomic E-state index is 12.8. The van der Waals surface area contributed by atoms with Crippen LogP contribution in [0.1, 0.15) is 36.4 Å². The molecule has 0 saturated carbocycles. The van der Waals surface area contributed by atoms with Gasteiger partial charge in [-0.05, 0) is 44.1 Å². The van der Waals surface area contributed by atoms with E-state index in [1.54, 1.807) is 43.3 Å². The zero-order valence-corrected chi connectivity index (χ0v) is 16.6. The summed E-state index contributed by atoms with van der Waals surface area (Å²) in [5.74, 6) is -0.282. The largest absolute Gasteiger partial charge is 0.457 e. The monoisotopic (exact) mass is 404 g/mol. The fourth-order valence-corrected chi connectivity index (χ4v) is 3.16. The highest BCUT2D eigenvalue weighted by atomic mass is 16.3. The van der Waals surface area contributed by atoms with E-state index in [-0.39, 0.29) is 42.1 Å². The van der Waals surface area contributed by atoms with E-state index in [1.165, 1.54) is 13.0 Å². The van der Waals surface area contributed by atoms with Gasteiger partial charge in [-0.2, -0.15) is 5.26 Å². The number of carbonyl (C=O) groups excluding carboxylic acids is 3. The van der Waals surface area contributed by atoms with Gasteiger partial charge in [-0.1, -0.05) is 24.3 Å². The highest BCUT2D eigenvalue weighted by Gasteiger charge is 2.35. The lowest BCUT2D eigenvalue weighted by molar-refractivity contribution is -0.140. The van der Waals surface area contributed by atoms with Crippen LogP contribution in [0.4, 0.5) is 0 Å². The molecular formula is C23H20N2O5. The Morgan fingerprint density at radius 3 is 2.47 bits per heavy atom. The fraction of sp³-hybridized carbons (Fsp3) is 0.217. The van der Waals surface area contributed by atoms with Crippen molar-refractivity contribution in [3.8, 4) is 17.4 Å². The van der Waals surface area contributed by atoms with E-state index < -0.39 is 11.8 Å². The van der Waals surface area contributed by atoms with E-state index in [4.69, 9.17) is 9.52 Å². The van der Waals surface area contributed by atoms with Crippen molar-refractivity contribution in [2.45, 2.75) is 20.3 Å². The molecule has 2 aromatic rings. The van der Waals surface area contributed by atoms with Crippen LogP contribution in [0, 0.1) is 11.3 Å². The quantitative estimate of drug-likeness (QED) is 0.450. The van der Waals surface area contributed by atoms with Gasteiger partial charge in [0.1, 0.15) is 23.2 Å². The third-order valence-electron chi connectivity index (χ3n) is 4.85. The summed E-state index contributed by atoms with van der Waals surface area (Å²) >= 11 is 0. The number of amides is 2. The van der Waals surface area contributed by atoms with Crippen LogP contribution in [0.2, 0.25) is 0 Å². The van der Waals surface area contributed by atoms with Gasteiger partial charge in [0.2, 0.25) is 0 Å². The molecule has 2 heterocycles. The Morgan fingerprint density at radius 1 is 1.17 bits per heavy atom. The topological polar surface area (TPSA) is 112 Å². The van der Waals surface area contributed by atoms with Crippen LogP contribution in [-0.4, -0.2) is 40.8 Å². The molecule has 0 bridgehead atoms. The maximum atomic E-state index is 12.8. The number of ketones is 1. The van der Waals surface area contributed by atoms with Crippen LogP contribution in [0.15, 0.2) is 57.5 Å². The molecule has 7 nitrogen and oxygen atoms in total. The third kappa shape index (κ3) is 4.00. The second-order valence-electron chi connectivity index (χ2n) is 6.84. The lowest BCUT2D eigenvalue weighted by atomic mass is 9.94. The van der Waals surface area contributed by atoms with Crippen LogP contribution >= 0.6 is 0 Å². The third-order valence-corrected chi connectivity index (χ3v) is 4.85. The molecule has 7 heteroatoms. The molecule has 1 N–H and O–H groups in total. The van der Waals surface area contributed by atoms with Gasteiger partial charge < -0.3 is 9.52 Å². The number of carbonyl (C=O) groups is 3. The van der Waals surface area contributed by atoms with Crippen molar-refractivity contribution in [1.29, 1.82) is 5.26 Å². The molecule has 0 saturated heterocycles. The smallest absolute Gasteiger partial charge is 0.271 e. The zero-order chi connectivity index (χ0) is 21.8. The average molecular weight is 404 g/mol. The Kier molecular flexibility index (Phi) is 6.09.